The van der Waals surface area contributed by atoms with E-state index in [0.29, 0.717) is 11.3 Å². The number of benzene rings is 3. The number of halogens is 1. The molecule has 4 heteroatoms. The predicted molar refractivity (Wildman–Crippen MR) is 89.6 cm³/mol. The Hall–Kier alpha value is -3.32. The van der Waals surface area contributed by atoms with Gasteiger partial charge in [0.1, 0.15) is 23.2 Å². The molecule has 116 valence electrons. The van der Waals surface area contributed by atoms with Crippen molar-refractivity contribution in [3.63, 3.8) is 0 Å². The fourth-order valence-electron chi connectivity index (χ4n) is 3.23. The largest absolute Gasteiger partial charge is 0.440 e. The van der Waals surface area contributed by atoms with Crippen LogP contribution in [0.2, 0.25) is 0 Å². The maximum atomic E-state index is 13.3. The summed E-state index contributed by atoms with van der Waals surface area (Å²) in [7, 11) is 0. The van der Waals surface area contributed by atoms with Crippen LogP contribution in [-0.2, 0) is 0 Å². The van der Waals surface area contributed by atoms with Gasteiger partial charge in [-0.1, -0.05) is 42.5 Å². The smallest absolute Gasteiger partial charge is 0.205 e. The summed E-state index contributed by atoms with van der Waals surface area (Å²) in [5.41, 5.74) is 7.99. The Kier molecular flexibility index (Phi) is 3.21. The first-order chi connectivity index (χ1) is 11.7. The molecule has 1 atom stereocenters. The van der Waals surface area contributed by atoms with Crippen LogP contribution in [-0.4, -0.2) is 0 Å². The average Bonchev–Trinajstić information content (AvgIpc) is 2.61. The fourth-order valence-corrected chi connectivity index (χ4v) is 3.23. The number of nitriles is 1. The van der Waals surface area contributed by atoms with Crippen molar-refractivity contribution in [2.24, 2.45) is 5.73 Å². The quantitative estimate of drug-likeness (QED) is 0.732. The molecular weight excluding hydrogens is 303 g/mol. The number of nitrogens with two attached hydrogens (primary N) is 1. The molecule has 0 fully saturated rings. The molecule has 1 aliphatic rings. The van der Waals surface area contributed by atoms with Crippen LogP contribution in [0.15, 0.2) is 72.1 Å². The van der Waals surface area contributed by atoms with Crippen LogP contribution in [0, 0.1) is 17.1 Å². The molecule has 0 bridgehead atoms. The maximum Gasteiger partial charge on any atom is 0.205 e. The summed E-state index contributed by atoms with van der Waals surface area (Å²) in [5, 5.41) is 11.6. The van der Waals surface area contributed by atoms with Crippen molar-refractivity contribution in [1.82, 2.24) is 0 Å². The van der Waals surface area contributed by atoms with Gasteiger partial charge in [0.15, 0.2) is 0 Å². The highest BCUT2D eigenvalue weighted by atomic mass is 19.1. The monoisotopic (exact) mass is 316 g/mol. The number of hydrogen-bond donors (Lipinski definition) is 1. The normalized spacial score (nSPS) is 16.4. The third-order valence-electron chi connectivity index (χ3n) is 4.32. The summed E-state index contributed by atoms with van der Waals surface area (Å²) in [4.78, 5) is 0. The zero-order valence-electron chi connectivity index (χ0n) is 12.7. The van der Waals surface area contributed by atoms with Crippen LogP contribution in [0.1, 0.15) is 17.0 Å². The minimum atomic E-state index is -0.384. The zero-order valence-corrected chi connectivity index (χ0v) is 12.7. The van der Waals surface area contributed by atoms with Crippen molar-refractivity contribution in [2.75, 3.05) is 0 Å². The Bertz CT molecular complexity index is 1020. The minimum absolute atomic E-state index is 0.0922. The Labute approximate surface area is 138 Å². The molecule has 1 heterocycles. The molecule has 0 amide bonds. The molecule has 3 aromatic rings. The molecule has 0 radical (unpaired) electrons. The summed E-state index contributed by atoms with van der Waals surface area (Å²) in [6.45, 7) is 0. The standard InChI is InChI=1S/C20H13FN2O/c21-14-8-5-13(6-9-14)18-16(11-22)20(23)24-17-10-7-12-3-1-2-4-15(12)19(17)18/h1-10,18H,23H2/t18-/m1/s1. The van der Waals surface area contributed by atoms with Crippen LogP contribution < -0.4 is 10.5 Å². The van der Waals surface area contributed by atoms with E-state index in [1.165, 1.54) is 12.1 Å². The summed E-state index contributed by atoms with van der Waals surface area (Å²) >= 11 is 0. The third-order valence-corrected chi connectivity index (χ3v) is 4.32. The third kappa shape index (κ3) is 2.10. The zero-order chi connectivity index (χ0) is 16.7. The molecular formula is C20H13FN2O. The minimum Gasteiger partial charge on any atom is -0.440 e. The van der Waals surface area contributed by atoms with Gasteiger partial charge in [0.05, 0.1) is 5.92 Å². The van der Waals surface area contributed by atoms with Crippen molar-refractivity contribution in [2.45, 2.75) is 5.92 Å². The number of ether oxygens (including phenoxy) is 1. The fraction of sp³-hybridized carbons (Fsp3) is 0.0500. The van der Waals surface area contributed by atoms with E-state index in [4.69, 9.17) is 10.5 Å². The lowest BCUT2D eigenvalue weighted by atomic mass is 9.81. The molecule has 1 aliphatic heterocycles. The van der Waals surface area contributed by atoms with Crippen LogP contribution >= 0.6 is 0 Å². The van der Waals surface area contributed by atoms with Gasteiger partial charge in [0.2, 0.25) is 5.88 Å². The first kappa shape index (κ1) is 14.3. The van der Waals surface area contributed by atoms with Gasteiger partial charge in [-0.2, -0.15) is 5.26 Å². The maximum absolute atomic E-state index is 13.3. The van der Waals surface area contributed by atoms with E-state index >= 15 is 0 Å². The van der Waals surface area contributed by atoms with Gasteiger partial charge in [0.25, 0.3) is 0 Å². The number of hydrogen-bond acceptors (Lipinski definition) is 3. The molecule has 0 saturated carbocycles. The molecule has 0 aromatic heterocycles. The van der Waals surface area contributed by atoms with E-state index in [9.17, 15) is 9.65 Å². The second kappa shape index (κ2) is 5.39. The van der Waals surface area contributed by atoms with Gasteiger partial charge in [-0.15, -0.1) is 0 Å². The highest BCUT2D eigenvalue weighted by Crippen LogP contribution is 2.45. The van der Waals surface area contributed by atoms with Crippen LogP contribution in [0.4, 0.5) is 4.39 Å². The van der Waals surface area contributed by atoms with E-state index in [0.717, 1.165) is 21.9 Å². The summed E-state index contributed by atoms with van der Waals surface area (Å²) in [6, 6.07) is 20.0. The van der Waals surface area contributed by atoms with Crippen LogP contribution in [0.25, 0.3) is 10.8 Å². The first-order valence-corrected chi connectivity index (χ1v) is 7.53. The number of allylic oxidation sites excluding steroid dienone is 1. The SMILES string of the molecule is N#CC1=C(N)Oc2ccc3ccccc3c2[C@@H]1c1ccc(F)cc1. The van der Waals surface area contributed by atoms with Crippen molar-refractivity contribution < 1.29 is 9.13 Å². The van der Waals surface area contributed by atoms with Gasteiger partial charge < -0.3 is 10.5 Å². The van der Waals surface area contributed by atoms with E-state index in [1.807, 2.05) is 36.4 Å². The van der Waals surface area contributed by atoms with Gasteiger partial charge in [-0.3, -0.25) is 0 Å². The Morgan fingerprint density at radius 3 is 2.50 bits per heavy atom. The molecule has 3 nitrogen and oxygen atoms in total. The van der Waals surface area contributed by atoms with Crippen molar-refractivity contribution in [1.29, 1.82) is 5.26 Å². The summed E-state index contributed by atoms with van der Waals surface area (Å²) < 4.78 is 19.0. The second-order valence-electron chi connectivity index (χ2n) is 5.67. The second-order valence-corrected chi connectivity index (χ2v) is 5.67. The Balaban J connectivity index is 2.05. The van der Waals surface area contributed by atoms with Crippen LogP contribution in [0.5, 0.6) is 5.75 Å². The highest BCUT2D eigenvalue weighted by Gasteiger charge is 2.32. The Morgan fingerprint density at radius 1 is 1.00 bits per heavy atom. The van der Waals surface area contributed by atoms with Gasteiger partial charge in [-0.05, 0) is 34.5 Å². The number of fused-ring (bicyclic) bond motifs is 3. The van der Waals surface area contributed by atoms with E-state index in [-0.39, 0.29) is 17.6 Å². The van der Waals surface area contributed by atoms with E-state index in [1.54, 1.807) is 12.1 Å². The first-order valence-electron chi connectivity index (χ1n) is 7.53. The summed E-state index contributed by atoms with van der Waals surface area (Å²) in [5.74, 6) is 0.0130. The van der Waals surface area contributed by atoms with Gasteiger partial charge in [0, 0.05) is 5.56 Å². The molecule has 4 rings (SSSR count). The van der Waals surface area contributed by atoms with Crippen molar-refractivity contribution in [3.8, 4) is 11.8 Å². The Morgan fingerprint density at radius 2 is 1.75 bits per heavy atom. The molecule has 3 aromatic carbocycles. The molecule has 0 aliphatic carbocycles. The van der Waals surface area contributed by atoms with E-state index < -0.39 is 0 Å². The molecule has 24 heavy (non-hydrogen) atoms. The average molecular weight is 316 g/mol. The number of rotatable bonds is 1. The van der Waals surface area contributed by atoms with Crippen molar-refractivity contribution >= 4 is 10.8 Å². The van der Waals surface area contributed by atoms with E-state index in [2.05, 4.69) is 6.07 Å². The summed E-state index contributed by atoms with van der Waals surface area (Å²) in [6.07, 6.45) is 0. The van der Waals surface area contributed by atoms with Gasteiger partial charge >= 0.3 is 0 Å². The lowest BCUT2D eigenvalue weighted by Gasteiger charge is -2.27. The lowest BCUT2D eigenvalue weighted by molar-refractivity contribution is 0.395. The molecule has 2 N–H and O–H groups in total. The topological polar surface area (TPSA) is 59.0 Å². The van der Waals surface area contributed by atoms with Crippen LogP contribution in [0.3, 0.4) is 0 Å². The molecule has 0 spiro atoms. The van der Waals surface area contributed by atoms with Crippen molar-refractivity contribution in [3.05, 3.63) is 89.1 Å². The lowest BCUT2D eigenvalue weighted by Crippen LogP contribution is -2.21. The van der Waals surface area contributed by atoms with Gasteiger partial charge in [-0.25, -0.2) is 4.39 Å². The highest BCUT2D eigenvalue weighted by molar-refractivity contribution is 5.90. The predicted octanol–water partition coefficient (Wildman–Crippen LogP) is 4.20. The molecule has 0 unspecified atom stereocenters. The number of nitrogens with zero attached hydrogens (tertiary/aromatic N) is 1. The molecule has 0 saturated heterocycles.